The van der Waals surface area contributed by atoms with E-state index in [0.717, 1.165) is 30.0 Å². The molecule has 0 bridgehead atoms. The van der Waals surface area contributed by atoms with Crippen LogP contribution in [0.15, 0.2) is 34.2 Å². The number of nitrogens with zero attached hydrogens (tertiary/aromatic N) is 1. The second-order valence-electron chi connectivity index (χ2n) is 6.89. The number of nitrogens with one attached hydrogen (secondary N) is 1. The van der Waals surface area contributed by atoms with Gasteiger partial charge in [-0.25, -0.2) is 9.59 Å². The van der Waals surface area contributed by atoms with Crippen molar-refractivity contribution in [3.63, 3.8) is 0 Å². The van der Waals surface area contributed by atoms with E-state index >= 15 is 0 Å². The smallest absolute Gasteiger partial charge is 0.416 e. The number of methoxy groups -OCH3 is 1. The number of esters is 1. The van der Waals surface area contributed by atoms with Crippen molar-refractivity contribution in [2.45, 2.75) is 37.4 Å². The minimum Gasteiger partial charge on any atom is -0.465 e. The summed E-state index contributed by atoms with van der Waals surface area (Å²) >= 11 is 0.741. The topological polar surface area (TPSA) is 67.9 Å². The maximum atomic E-state index is 13.1. The van der Waals surface area contributed by atoms with E-state index in [1.165, 1.54) is 13.3 Å². The van der Waals surface area contributed by atoms with Gasteiger partial charge < -0.3 is 14.4 Å². The molecule has 0 unspecified atom stereocenters. The summed E-state index contributed by atoms with van der Waals surface area (Å²) < 4.78 is 49.2. The fourth-order valence-electron chi connectivity index (χ4n) is 1.87. The zero-order valence-electron chi connectivity index (χ0n) is 16.4. The van der Waals surface area contributed by atoms with Crippen LogP contribution >= 0.6 is 11.8 Å². The second-order valence-corrected chi connectivity index (χ2v) is 7.97. The number of carbonyl (C=O) groups is 2. The summed E-state index contributed by atoms with van der Waals surface area (Å²) in [5.41, 5.74) is -1.63. The van der Waals surface area contributed by atoms with Crippen molar-refractivity contribution < 1.29 is 32.2 Å². The number of halogens is 3. The molecule has 0 spiro atoms. The molecule has 1 aromatic rings. The number of ether oxygens (including phenoxy) is 2. The number of rotatable bonds is 5. The molecule has 1 rings (SSSR count). The van der Waals surface area contributed by atoms with Crippen LogP contribution in [0.25, 0.3) is 0 Å². The third-order valence-corrected chi connectivity index (χ3v) is 3.98. The first-order valence-corrected chi connectivity index (χ1v) is 8.90. The van der Waals surface area contributed by atoms with E-state index in [1.54, 1.807) is 39.8 Å². The molecule has 1 amide bonds. The zero-order chi connectivity index (χ0) is 21.7. The lowest BCUT2D eigenvalue weighted by molar-refractivity contribution is -0.137. The van der Waals surface area contributed by atoms with E-state index in [4.69, 9.17) is 4.74 Å². The molecule has 6 nitrogen and oxygen atoms in total. The Kier molecular flexibility index (Phi) is 7.80. The van der Waals surface area contributed by atoms with Gasteiger partial charge in [0, 0.05) is 25.2 Å². The highest BCUT2D eigenvalue weighted by molar-refractivity contribution is 8.04. The van der Waals surface area contributed by atoms with Gasteiger partial charge in [0.25, 0.3) is 0 Å². The van der Waals surface area contributed by atoms with E-state index < -0.39 is 29.4 Å². The number of thioether (sulfide) groups is 1. The first-order valence-electron chi connectivity index (χ1n) is 8.08. The molecule has 0 heterocycles. The Morgan fingerprint density at radius 1 is 1.18 bits per heavy atom. The molecule has 0 aliphatic heterocycles. The fraction of sp³-hybridized carbons (Fsp3) is 0.444. The molecule has 0 fully saturated rings. The predicted octanol–water partition coefficient (Wildman–Crippen LogP) is 4.72. The van der Waals surface area contributed by atoms with Gasteiger partial charge >= 0.3 is 18.2 Å². The zero-order valence-corrected chi connectivity index (χ0v) is 17.2. The quantitative estimate of drug-likeness (QED) is 0.422. The molecule has 0 aliphatic carbocycles. The van der Waals surface area contributed by atoms with Crippen molar-refractivity contribution in [1.82, 2.24) is 4.90 Å². The summed E-state index contributed by atoms with van der Waals surface area (Å²) in [4.78, 5) is 25.6. The van der Waals surface area contributed by atoms with E-state index in [-0.39, 0.29) is 15.5 Å². The minimum absolute atomic E-state index is 0.0131. The Morgan fingerprint density at radius 2 is 1.79 bits per heavy atom. The van der Waals surface area contributed by atoms with Crippen molar-refractivity contribution in [2.75, 3.05) is 26.5 Å². The standard InChI is InChI=1S/C18H23F3N2O4S/c1-17(2,3)27-16(25)22-12-8-7-11(18(19,20)21)9-13(12)28-14(10-23(4)5)15(24)26-6/h7-10H,1-6H3,(H,22,25). The van der Waals surface area contributed by atoms with Crippen LogP contribution in [0, 0.1) is 0 Å². The van der Waals surface area contributed by atoms with Crippen LogP contribution in [0.4, 0.5) is 23.7 Å². The van der Waals surface area contributed by atoms with Gasteiger partial charge in [-0.2, -0.15) is 13.2 Å². The molecule has 28 heavy (non-hydrogen) atoms. The number of carbonyl (C=O) groups excluding carboxylic acids is 2. The van der Waals surface area contributed by atoms with Crippen molar-refractivity contribution in [3.8, 4) is 0 Å². The van der Waals surface area contributed by atoms with Crippen LogP contribution in [0.3, 0.4) is 0 Å². The van der Waals surface area contributed by atoms with Crippen molar-refractivity contribution in [1.29, 1.82) is 0 Å². The molecule has 0 saturated heterocycles. The van der Waals surface area contributed by atoms with Gasteiger partial charge in [0.05, 0.1) is 18.4 Å². The van der Waals surface area contributed by atoms with Crippen LogP contribution in [-0.2, 0) is 20.4 Å². The highest BCUT2D eigenvalue weighted by Crippen LogP contribution is 2.39. The summed E-state index contributed by atoms with van der Waals surface area (Å²) in [5.74, 6) is -0.723. The summed E-state index contributed by atoms with van der Waals surface area (Å²) in [5, 5.41) is 2.42. The maximum absolute atomic E-state index is 13.1. The number of benzene rings is 1. The van der Waals surface area contributed by atoms with E-state index in [0.29, 0.717) is 0 Å². The van der Waals surface area contributed by atoms with Gasteiger partial charge in [-0.15, -0.1) is 0 Å². The van der Waals surface area contributed by atoms with E-state index in [2.05, 4.69) is 10.1 Å². The van der Waals surface area contributed by atoms with Crippen LogP contribution in [0.2, 0.25) is 0 Å². The maximum Gasteiger partial charge on any atom is 0.416 e. The summed E-state index contributed by atoms with van der Waals surface area (Å²) in [7, 11) is 4.46. The fourth-order valence-corrected chi connectivity index (χ4v) is 2.96. The van der Waals surface area contributed by atoms with Crippen LogP contribution in [0.5, 0.6) is 0 Å². The molecule has 1 N–H and O–H groups in total. The summed E-state index contributed by atoms with van der Waals surface area (Å²) in [6.07, 6.45) is -4.00. The largest absolute Gasteiger partial charge is 0.465 e. The first-order chi connectivity index (χ1) is 12.7. The van der Waals surface area contributed by atoms with Crippen LogP contribution in [0.1, 0.15) is 26.3 Å². The number of hydrogen-bond acceptors (Lipinski definition) is 6. The molecule has 0 radical (unpaired) electrons. The highest BCUT2D eigenvalue weighted by atomic mass is 32.2. The number of anilines is 1. The van der Waals surface area contributed by atoms with Gasteiger partial charge in [0.15, 0.2) is 0 Å². The number of hydrogen-bond donors (Lipinski definition) is 1. The molecule has 0 aliphatic rings. The molecule has 10 heteroatoms. The third kappa shape index (κ3) is 7.71. The minimum atomic E-state index is -4.59. The van der Waals surface area contributed by atoms with E-state index in [1.807, 2.05) is 0 Å². The first kappa shape index (κ1) is 23.7. The van der Waals surface area contributed by atoms with Gasteiger partial charge in [-0.05, 0) is 39.0 Å². The molecular formula is C18H23F3N2O4S. The van der Waals surface area contributed by atoms with Gasteiger partial charge in [0.2, 0.25) is 0 Å². The molecule has 156 valence electrons. The van der Waals surface area contributed by atoms with Crippen LogP contribution in [-0.4, -0.2) is 43.8 Å². The number of amides is 1. The summed E-state index contributed by atoms with van der Waals surface area (Å²) in [6.45, 7) is 4.97. The molecular weight excluding hydrogens is 397 g/mol. The van der Waals surface area contributed by atoms with E-state index in [9.17, 15) is 22.8 Å². The third-order valence-electron chi connectivity index (χ3n) is 2.93. The average Bonchev–Trinajstić information content (AvgIpc) is 2.51. The van der Waals surface area contributed by atoms with Crippen molar-refractivity contribution >= 4 is 29.5 Å². The molecule has 1 aromatic carbocycles. The Labute approximate surface area is 166 Å². The van der Waals surface area contributed by atoms with Gasteiger partial charge in [-0.1, -0.05) is 11.8 Å². The SMILES string of the molecule is COC(=O)C(=CN(C)C)Sc1cc(C(F)(F)F)ccc1NC(=O)OC(C)(C)C. The Hall–Kier alpha value is -2.36. The predicted molar refractivity (Wildman–Crippen MR) is 101 cm³/mol. The number of alkyl halides is 3. The monoisotopic (exact) mass is 420 g/mol. The van der Waals surface area contributed by atoms with Crippen molar-refractivity contribution in [3.05, 3.63) is 34.9 Å². The lowest BCUT2D eigenvalue weighted by Gasteiger charge is -2.21. The summed E-state index contributed by atoms with van der Waals surface area (Å²) in [6, 6.07) is 2.80. The molecule has 0 aromatic heterocycles. The average molecular weight is 420 g/mol. The normalized spacial score (nSPS) is 12.4. The Morgan fingerprint density at radius 3 is 2.25 bits per heavy atom. The van der Waals surface area contributed by atoms with Gasteiger partial charge in [0.1, 0.15) is 10.5 Å². The second kappa shape index (κ2) is 9.22. The Balaban J connectivity index is 3.34. The van der Waals surface area contributed by atoms with Crippen molar-refractivity contribution in [2.24, 2.45) is 0 Å². The Bertz CT molecular complexity index is 756. The highest BCUT2D eigenvalue weighted by Gasteiger charge is 2.32. The lowest BCUT2D eigenvalue weighted by Crippen LogP contribution is -2.27. The molecule has 0 atom stereocenters. The van der Waals surface area contributed by atoms with Crippen LogP contribution < -0.4 is 5.32 Å². The van der Waals surface area contributed by atoms with Gasteiger partial charge in [-0.3, -0.25) is 5.32 Å². The molecule has 0 saturated carbocycles. The lowest BCUT2D eigenvalue weighted by atomic mass is 10.2.